The molecule has 1 nitrogen and oxygen atoms in total. The van der Waals surface area contributed by atoms with Crippen molar-refractivity contribution in [2.45, 2.75) is 32.0 Å². The molecule has 0 bridgehead atoms. The number of hydrogen-bond acceptors (Lipinski definition) is 1. The Hall–Kier alpha value is -0.560. The summed E-state index contributed by atoms with van der Waals surface area (Å²) in [5.74, 6) is 0. The topological polar surface area (TPSA) is 12.5 Å². The van der Waals surface area contributed by atoms with Gasteiger partial charge in [0, 0.05) is 0 Å². The summed E-state index contributed by atoms with van der Waals surface area (Å²) in [6.45, 7) is 5.79. The third-order valence-corrected chi connectivity index (χ3v) is 1.62. The average Bonchev–Trinajstić information content (AvgIpc) is 2.68. The quantitative estimate of drug-likeness (QED) is 0.429. The predicted octanol–water partition coefficient (Wildman–Crippen LogP) is 2.30. The van der Waals surface area contributed by atoms with Gasteiger partial charge in [-0.2, -0.15) is 0 Å². The van der Waals surface area contributed by atoms with Gasteiger partial charge in [0.25, 0.3) is 0 Å². The molecule has 1 aliphatic rings. The Morgan fingerprint density at radius 3 is 2.80 bits per heavy atom. The van der Waals surface area contributed by atoms with E-state index in [2.05, 4.69) is 25.7 Å². The van der Waals surface area contributed by atoms with Crippen LogP contribution in [0.4, 0.5) is 0 Å². The number of hydrogen-bond donors (Lipinski definition) is 0. The fourth-order valence-corrected chi connectivity index (χ4v) is 0.951. The summed E-state index contributed by atoms with van der Waals surface area (Å²) in [7, 11) is 0. The summed E-state index contributed by atoms with van der Waals surface area (Å²) in [6, 6.07) is 0. The molecule has 56 valence electrons. The van der Waals surface area contributed by atoms with Crippen LogP contribution in [0.25, 0.3) is 0 Å². The SMILES string of the molecule is C=C[C@@H]1O[C@H]1C/C=C\CC. The number of rotatable bonds is 4. The van der Waals surface area contributed by atoms with Gasteiger partial charge in [-0.25, -0.2) is 0 Å². The van der Waals surface area contributed by atoms with Crippen molar-refractivity contribution >= 4 is 0 Å². The highest BCUT2D eigenvalue weighted by Gasteiger charge is 2.34. The molecule has 1 rings (SSSR count). The maximum absolute atomic E-state index is 5.24. The van der Waals surface area contributed by atoms with Crippen molar-refractivity contribution in [1.82, 2.24) is 0 Å². The zero-order valence-corrected chi connectivity index (χ0v) is 6.42. The van der Waals surface area contributed by atoms with Gasteiger partial charge in [0.15, 0.2) is 0 Å². The molecule has 0 N–H and O–H groups in total. The summed E-state index contributed by atoms with van der Waals surface area (Å²) in [4.78, 5) is 0. The minimum absolute atomic E-state index is 0.335. The molecule has 0 amide bonds. The smallest absolute Gasteiger partial charge is 0.102 e. The van der Waals surface area contributed by atoms with E-state index in [0.29, 0.717) is 12.2 Å². The maximum atomic E-state index is 5.24. The van der Waals surface area contributed by atoms with Crippen LogP contribution in [0.1, 0.15) is 19.8 Å². The zero-order chi connectivity index (χ0) is 7.40. The molecule has 1 saturated heterocycles. The fourth-order valence-electron chi connectivity index (χ4n) is 0.951. The van der Waals surface area contributed by atoms with Crippen molar-refractivity contribution in [2.24, 2.45) is 0 Å². The van der Waals surface area contributed by atoms with E-state index >= 15 is 0 Å². The van der Waals surface area contributed by atoms with Crippen LogP contribution in [0.5, 0.6) is 0 Å². The number of ether oxygens (including phenoxy) is 1. The molecule has 0 aromatic rings. The molecule has 10 heavy (non-hydrogen) atoms. The standard InChI is InChI=1S/C9H14O/c1-3-5-6-7-9-8(4-2)10-9/h4-6,8-9H,2-3,7H2,1H3/b6-5-/t8-,9-/m0/s1. The van der Waals surface area contributed by atoms with Crippen molar-refractivity contribution in [2.75, 3.05) is 0 Å². The number of allylic oxidation sites excluding steroid dienone is 1. The Labute approximate surface area is 62.4 Å². The van der Waals surface area contributed by atoms with Crippen molar-refractivity contribution in [3.63, 3.8) is 0 Å². The van der Waals surface area contributed by atoms with E-state index < -0.39 is 0 Å². The summed E-state index contributed by atoms with van der Waals surface area (Å²) < 4.78 is 5.24. The lowest BCUT2D eigenvalue weighted by molar-refractivity contribution is 0.390. The molecule has 1 heteroatoms. The van der Waals surface area contributed by atoms with E-state index in [1.54, 1.807) is 0 Å². The molecule has 0 aliphatic carbocycles. The molecular formula is C9H14O. The lowest BCUT2D eigenvalue weighted by atomic mass is 10.2. The third kappa shape index (κ3) is 1.99. The van der Waals surface area contributed by atoms with Gasteiger partial charge < -0.3 is 4.74 Å². The van der Waals surface area contributed by atoms with Crippen LogP contribution in [0, 0.1) is 0 Å². The molecule has 0 unspecified atom stereocenters. The van der Waals surface area contributed by atoms with E-state index in [0.717, 1.165) is 12.8 Å². The normalized spacial score (nSPS) is 30.9. The molecule has 0 radical (unpaired) electrons. The van der Waals surface area contributed by atoms with Crippen LogP contribution in [0.15, 0.2) is 24.8 Å². The Kier molecular flexibility index (Phi) is 2.69. The van der Waals surface area contributed by atoms with Crippen molar-refractivity contribution in [3.05, 3.63) is 24.8 Å². The van der Waals surface area contributed by atoms with Gasteiger partial charge in [0.05, 0.1) is 6.10 Å². The summed E-state index contributed by atoms with van der Waals surface area (Å²) in [5, 5.41) is 0. The lowest BCUT2D eigenvalue weighted by Gasteiger charge is -1.82. The summed E-state index contributed by atoms with van der Waals surface area (Å²) in [6.07, 6.45) is 9.14. The highest BCUT2D eigenvalue weighted by molar-refractivity contribution is 5.01. The first-order valence-electron chi connectivity index (χ1n) is 3.81. The van der Waals surface area contributed by atoms with Gasteiger partial charge in [-0.15, -0.1) is 6.58 Å². The maximum Gasteiger partial charge on any atom is 0.102 e. The average molecular weight is 138 g/mol. The molecule has 1 heterocycles. The van der Waals surface area contributed by atoms with Crippen molar-refractivity contribution in [1.29, 1.82) is 0 Å². The lowest BCUT2D eigenvalue weighted by Crippen LogP contribution is -1.85. The minimum Gasteiger partial charge on any atom is -0.365 e. The van der Waals surface area contributed by atoms with Crippen LogP contribution in [0.2, 0.25) is 0 Å². The monoisotopic (exact) mass is 138 g/mol. The van der Waals surface area contributed by atoms with E-state index in [9.17, 15) is 0 Å². The Morgan fingerprint density at radius 1 is 1.50 bits per heavy atom. The molecule has 0 saturated carbocycles. The molecule has 0 spiro atoms. The predicted molar refractivity (Wildman–Crippen MR) is 42.9 cm³/mol. The highest BCUT2D eigenvalue weighted by atomic mass is 16.6. The van der Waals surface area contributed by atoms with Gasteiger partial charge in [-0.1, -0.05) is 25.2 Å². The van der Waals surface area contributed by atoms with Gasteiger partial charge in [0.1, 0.15) is 6.10 Å². The molecular weight excluding hydrogens is 124 g/mol. The van der Waals surface area contributed by atoms with Crippen LogP contribution in [-0.2, 0) is 4.74 Å². The first-order valence-corrected chi connectivity index (χ1v) is 3.81. The van der Waals surface area contributed by atoms with Crippen LogP contribution < -0.4 is 0 Å². The Bertz CT molecular complexity index is 138. The molecule has 0 aromatic carbocycles. The number of epoxide rings is 1. The highest BCUT2D eigenvalue weighted by Crippen LogP contribution is 2.26. The van der Waals surface area contributed by atoms with Gasteiger partial charge >= 0.3 is 0 Å². The van der Waals surface area contributed by atoms with E-state index in [4.69, 9.17) is 4.74 Å². The minimum atomic E-state index is 0.335. The van der Waals surface area contributed by atoms with Crippen molar-refractivity contribution in [3.8, 4) is 0 Å². The molecule has 1 fully saturated rings. The second-order valence-corrected chi connectivity index (χ2v) is 2.49. The van der Waals surface area contributed by atoms with Gasteiger partial charge in [-0.05, 0) is 12.8 Å². The van der Waals surface area contributed by atoms with Crippen LogP contribution >= 0.6 is 0 Å². The summed E-state index contributed by atoms with van der Waals surface area (Å²) in [5.41, 5.74) is 0. The Morgan fingerprint density at radius 2 is 2.30 bits per heavy atom. The van der Waals surface area contributed by atoms with Crippen LogP contribution in [0.3, 0.4) is 0 Å². The molecule has 1 aliphatic heterocycles. The Balaban J connectivity index is 2.06. The fraction of sp³-hybridized carbons (Fsp3) is 0.556. The van der Waals surface area contributed by atoms with Gasteiger partial charge in [-0.3, -0.25) is 0 Å². The second kappa shape index (κ2) is 3.57. The zero-order valence-electron chi connectivity index (χ0n) is 6.42. The first-order chi connectivity index (χ1) is 4.88. The first kappa shape index (κ1) is 7.55. The van der Waals surface area contributed by atoms with E-state index in [-0.39, 0.29) is 0 Å². The third-order valence-electron chi connectivity index (χ3n) is 1.62. The largest absolute Gasteiger partial charge is 0.365 e. The van der Waals surface area contributed by atoms with Crippen molar-refractivity contribution < 1.29 is 4.74 Å². The molecule has 0 aromatic heterocycles. The second-order valence-electron chi connectivity index (χ2n) is 2.49. The van der Waals surface area contributed by atoms with Gasteiger partial charge in [0.2, 0.25) is 0 Å². The summed E-state index contributed by atoms with van der Waals surface area (Å²) >= 11 is 0. The van der Waals surface area contributed by atoms with E-state index in [1.165, 1.54) is 0 Å². The molecule has 2 atom stereocenters. The van der Waals surface area contributed by atoms with E-state index in [1.807, 2.05) is 6.08 Å². The van der Waals surface area contributed by atoms with Crippen LogP contribution in [-0.4, -0.2) is 12.2 Å².